The summed E-state index contributed by atoms with van der Waals surface area (Å²) in [6, 6.07) is -0.538. The lowest BCUT2D eigenvalue weighted by molar-refractivity contribution is -0.151. The van der Waals surface area contributed by atoms with E-state index < -0.39 is 17.5 Å². The van der Waals surface area contributed by atoms with Gasteiger partial charge in [-0.15, -0.1) is 6.58 Å². The molecule has 0 bridgehead atoms. The lowest BCUT2D eigenvalue weighted by Crippen LogP contribution is -2.56. The summed E-state index contributed by atoms with van der Waals surface area (Å²) in [7, 11) is 0. The number of esters is 1. The molecule has 1 fully saturated rings. The van der Waals surface area contributed by atoms with Gasteiger partial charge in [0, 0.05) is 13.0 Å². The minimum absolute atomic E-state index is 0.130. The number of amides is 3. The first-order valence-corrected chi connectivity index (χ1v) is 6.91. The topological polar surface area (TPSA) is 75.7 Å². The fraction of sp³-hybridized carbons (Fsp3) is 0.643. The molecule has 6 heteroatoms. The van der Waals surface area contributed by atoms with Crippen molar-refractivity contribution in [3.05, 3.63) is 12.7 Å². The summed E-state index contributed by atoms with van der Waals surface area (Å²) in [5.41, 5.74) is -1.19. The smallest absolute Gasteiger partial charge is 0.332 e. The number of rotatable bonds is 6. The van der Waals surface area contributed by atoms with Crippen molar-refractivity contribution in [2.24, 2.45) is 0 Å². The molecule has 1 atom stereocenters. The van der Waals surface area contributed by atoms with Gasteiger partial charge >= 0.3 is 12.0 Å². The largest absolute Gasteiger partial charge is 0.464 e. The minimum atomic E-state index is -1.19. The first kappa shape index (κ1) is 16.2. The van der Waals surface area contributed by atoms with Crippen LogP contribution in [0.5, 0.6) is 0 Å². The molecular formula is C14H22N2O4. The number of carbonyl (C=O) groups is 3. The van der Waals surface area contributed by atoms with Crippen molar-refractivity contribution in [1.82, 2.24) is 10.2 Å². The molecule has 1 saturated heterocycles. The third kappa shape index (κ3) is 3.37. The quantitative estimate of drug-likeness (QED) is 0.593. The standard InChI is InChI=1S/C14H22N2O4/c1-4-8-14(12(18)20-6-3)9-7-11(17)16(10-5-2)13(19)15-14/h4H,1,5-10H2,2-3H3,(H,15,19). The Morgan fingerprint density at radius 1 is 1.50 bits per heavy atom. The fourth-order valence-electron chi connectivity index (χ4n) is 2.26. The molecule has 0 aromatic carbocycles. The maximum absolute atomic E-state index is 12.2. The number of carbonyl (C=O) groups excluding carboxylic acids is 3. The van der Waals surface area contributed by atoms with Crippen molar-refractivity contribution in [2.75, 3.05) is 13.2 Å². The molecule has 1 N–H and O–H groups in total. The van der Waals surface area contributed by atoms with Crippen molar-refractivity contribution in [3.8, 4) is 0 Å². The Balaban J connectivity index is 3.03. The molecule has 0 saturated carbocycles. The van der Waals surface area contributed by atoms with E-state index >= 15 is 0 Å². The van der Waals surface area contributed by atoms with Crippen LogP contribution >= 0.6 is 0 Å². The van der Waals surface area contributed by atoms with Gasteiger partial charge in [-0.25, -0.2) is 9.59 Å². The summed E-state index contributed by atoms with van der Waals surface area (Å²) in [6.45, 7) is 7.77. The lowest BCUT2D eigenvalue weighted by atomic mass is 9.90. The molecule has 1 aliphatic rings. The minimum Gasteiger partial charge on any atom is -0.464 e. The Hall–Kier alpha value is -1.85. The molecule has 0 aliphatic carbocycles. The van der Waals surface area contributed by atoms with Gasteiger partial charge in [-0.3, -0.25) is 9.69 Å². The predicted molar refractivity (Wildman–Crippen MR) is 73.9 cm³/mol. The summed E-state index contributed by atoms with van der Waals surface area (Å²) < 4.78 is 5.04. The summed E-state index contributed by atoms with van der Waals surface area (Å²) in [6.07, 6.45) is 2.82. The van der Waals surface area contributed by atoms with Gasteiger partial charge in [0.2, 0.25) is 5.91 Å². The second kappa shape index (κ2) is 7.07. The van der Waals surface area contributed by atoms with E-state index in [0.29, 0.717) is 13.0 Å². The molecule has 0 spiro atoms. The van der Waals surface area contributed by atoms with E-state index in [1.54, 1.807) is 13.0 Å². The molecule has 1 rings (SSSR count). The zero-order chi connectivity index (χ0) is 15.2. The number of urea groups is 1. The Bertz CT molecular complexity index is 408. The Morgan fingerprint density at radius 2 is 2.20 bits per heavy atom. The van der Waals surface area contributed by atoms with Crippen molar-refractivity contribution in [1.29, 1.82) is 0 Å². The monoisotopic (exact) mass is 282 g/mol. The molecule has 1 heterocycles. The van der Waals surface area contributed by atoms with Crippen molar-refractivity contribution in [2.45, 2.75) is 45.1 Å². The van der Waals surface area contributed by atoms with Crippen LogP contribution in [0.25, 0.3) is 0 Å². The van der Waals surface area contributed by atoms with Gasteiger partial charge in [-0.05, 0) is 26.2 Å². The van der Waals surface area contributed by atoms with E-state index in [1.807, 2.05) is 6.92 Å². The Morgan fingerprint density at radius 3 is 2.75 bits per heavy atom. The summed E-state index contributed by atoms with van der Waals surface area (Å²) >= 11 is 0. The fourth-order valence-corrected chi connectivity index (χ4v) is 2.26. The van der Waals surface area contributed by atoms with E-state index in [9.17, 15) is 14.4 Å². The SMILES string of the molecule is C=CCC1(C(=O)OCC)CCC(=O)N(CCC)C(=O)N1. The third-order valence-corrected chi connectivity index (χ3v) is 3.26. The van der Waals surface area contributed by atoms with Gasteiger partial charge in [0.25, 0.3) is 0 Å². The lowest BCUT2D eigenvalue weighted by Gasteiger charge is -2.29. The molecule has 6 nitrogen and oxygen atoms in total. The van der Waals surface area contributed by atoms with Crippen LogP contribution in [0.4, 0.5) is 4.79 Å². The summed E-state index contributed by atoms with van der Waals surface area (Å²) in [5.74, 6) is -0.779. The van der Waals surface area contributed by atoms with Gasteiger partial charge in [0.1, 0.15) is 5.54 Å². The number of hydrogen-bond acceptors (Lipinski definition) is 4. The van der Waals surface area contributed by atoms with Crippen LogP contribution in [0, 0.1) is 0 Å². The molecule has 20 heavy (non-hydrogen) atoms. The van der Waals surface area contributed by atoms with Crippen LogP contribution < -0.4 is 5.32 Å². The molecule has 112 valence electrons. The van der Waals surface area contributed by atoms with Crippen LogP contribution in [0.3, 0.4) is 0 Å². The van der Waals surface area contributed by atoms with Crippen LogP contribution in [0.2, 0.25) is 0 Å². The normalized spacial score (nSPS) is 23.0. The zero-order valence-corrected chi connectivity index (χ0v) is 12.1. The average molecular weight is 282 g/mol. The molecule has 0 aromatic rings. The van der Waals surface area contributed by atoms with E-state index in [2.05, 4.69) is 11.9 Å². The van der Waals surface area contributed by atoms with Gasteiger partial charge in [0.15, 0.2) is 0 Å². The summed E-state index contributed by atoms with van der Waals surface area (Å²) in [5, 5.41) is 2.66. The van der Waals surface area contributed by atoms with E-state index in [-0.39, 0.29) is 31.8 Å². The number of hydrogen-bond donors (Lipinski definition) is 1. The second-order valence-electron chi connectivity index (χ2n) is 4.77. The average Bonchev–Trinajstić information content (AvgIpc) is 2.52. The van der Waals surface area contributed by atoms with Gasteiger partial charge in [0.05, 0.1) is 6.61 Å². The highest BCUT2D eigenvalue weighted by Crippen LogP contribution is 2.24. The molecule has 0 aromatic heterocycles. The third-order valence-electron chi connectivity index (χ3n) is 3.26. The summed E-state index contributed by atoms with van der Waals surface area (Å²) in [4.78, 5) is 37.5. The van der Waals surface area contributed by atoms with E-state index in [0.717, 1.165) is 4.90 Å². The van der Waals surface area contributed by atoms with Crippen LogP contribution in [0.1, 0.15) is 39.5 Å². The van der Waals surface area contributed by atoms with Gasteiger partial charge < -0.3 is 10.1 Å². The highest BCUT2D eigenvalue weighted by atomic mass is 16.5. The van der Waals surface area contributed by atoms with Crippen LogP contribution in [-0.2, 0) is 14.3 Å². The van der Waals surface area contributed by atoms with E-state index in [1.165, 1.54) is 0 Å². The van der Waals surface area contributed by atoms with Gasteiger partial charge in [-0.2, -0.15) is 0 Å². The number of nitrogens with one attached hydrogen (secondary N) is 1. The maximum atomic E-state index is 12.2. The Kier molecular flexibility index (Phi) is 5.73. The second-order valence-corrected chi connectivity index (χ2v) is 4.77. The molecule has 1 aliphatic heterocycles. The number of nitrogens with zero attached hydrogens (tertiary/aromatic N) is 1. The Labute approximate surface area is 119 Å². The molecule has 0 radical (unpaired) electrons. The molecular weight excluding hydrogens is 260 g/mol. The highest BCUT2D eigenvalue weighted by molar-refractivity contribution is 5.99. The molecule has 3 amide bonds. The van der Waals surface area contributed by atoms with Crippen molar-refractivity contribution < 1.29 is 19.1 Å². The zero-order valence-electron chi connectivity index (χ0n) is 12.1. The predicted octanol–water partition coefficient (Wildman–Crippen LogP) is 1.61. The van der Waals surface area contributed by atoms with Crippen LogP contribution in [-0.4, -0.2) is 41.5 Å². The first-order valence-electron chi connectivity index (χ1n) is 6.91. The molecule has 1 unspecified atom stereocenters. The van der Waals surface area contributed by atoms with Crippen molar-refractivity contribution in [3.63, 3.8) is 0 Å². The van der Waals surface area contributed by atoms with Crippen molar-refractivity contribution >= 4 is 17.9 Å². The number of imide groups is 1. The van der Waals surface area contributed by atoms with Crippen LogP contribution in [0.15, 0.2) is 12.7 Å². The highest BCUT2D eigenvalue weighted by Gasteiger charge is 2.44. The van der Waals surface area contributed by atoms with Gasteiger partial charge in [-0.1, -0.05) is 13.0 Å². The first-order chi connectivity index (χ1) is 9.50. The number of ether oxygens (including phenoxy) is 1. The van der Waals surface area contributed by atoms with E-state index in [4.69, 9.17) is 4.74 Å². The maximum Gasteiger partial charge on any atom is 0.332 e.